The smallest absolute Gasteiger partial charge is 0.255 e. The topological polar surface area (TPSA) is 49.4 Å². The first-order valence-electron chi connectivity index (χ1n) is 7.24. The van der Waals surface area contributed by atoms with E-state index in [0.29, 0.717) is 17.7 Å². The van der Waals surface area contributed by atoms with Gasteiger partial charge in [-0.1, -0.05) is 17.7 Å². The Morgan fingerprint density at radius 2 is 1.91 bits per heavy atom. The summed E-state index contributed by atoms with van der Waals surface area (Å²) >= 11 is 0. The van der Waals surface area contributed by atoms with Gasteiger partial charge in [-0.15, -0.1) is 0 Å². The summed E-state index contributed by atoms with van der Waals surface area (Å²) in [6.07, 6.45) is 0.388. The van der Waals surface area contributed by atoms with Crippen LogP contribution in [0.4, 0.5) is 11.4 Å². The predicted molar refractivity (Wildman–Crippen MR) is 87.4 cm³/mol. The zero-order chi connectivity index (χ0) is 15.9. The number of hydrogen-bond acceptors (Lipinski definition) is 2. The highest BCUT2D eigenvalue weighted by Crippen LogP contribution is 2.30. The first-order valence-corrected chi connectivity index (χ1v) is 7.24. The molecule has 0 unspecified atom stereocenters. The fourth-order valence-corrected chi connectivity index (χ4v) is 2.81. The number of aryl methyl sites for hydroxylation is 2. The number of likely N-dealkylation sites (N-methyl/N-ethyl adjacent to an activating group) is 1. The van der Waals surface area contributed by atoms with Crippen LogP contribution in [-0.2, 0) is 11.2 Å². The number of hydrogen-bond donors (Lipinski definition) is 1. The van der Waals surface area contributed by atoms with E-state index in [4.69, 9.17) is 0 Å². The molecule has 2 aromatic carbocycles. The van der Waals surface area contributed by atoms with Crippen LogP contribution in [0.1, 0.15) is 27.0 Å². The van der Waals surface area contributed by atoms with Gasteiger partial charge >= 0.3 is 0 Å². The molecule has 0 aliphatic carbocycles. The van der Waals surface area contributed by atoms with Gasteiger partial charge in [0.2, 0.25) is 5.91 Å². The Labute approximate surface area is 129 Å². The number of anilines is 2. The number of nitrogens with zero attached hydrogens (tertiary/aromatic N) is 1. The lowest BCUT2D eigenvalue weighted by atomic mass is 10.0. The van der Waals surface area contributed by atoms with E-state index >= 15 is 0 Å². The van der Waals surface area contributed by atoms with Crippen LogP contribution in [0.3, 0.4) is 0 Å². The molecule has 0 spiro atoms. The van der Waals surface area contributed by atoms with E-state index in [9.17, 15) is 9.59 Å². The number of amides is 2. The summed E-state index contributed by atoms with van der Waals surface area (Å²) in [6, 6.07) is 11.3. The van der Waals surface area contributed by atoms with E-state index < -0.39 is 0 Å². The van der Waals surface area contributed by atoms with Crippen LogP contribution in [0.15, 0.2) is 36.4 Å². The van der Waals surface area contributed by atoms with Crippen LogP contribution in [0, 0.1) is 13.8 Å². The Bertz CT molecular complexity index is 781. The van der Waals surface area contributed by atoms with Crippen molar-refractivity contribution in [1.82, 2.24) is 0 Å². The third-order valence-electron chi connectivity index (χ3n) is 4.04. The van der Waals surface area contributed by atoms with Crippen molar-refractivity contribution in [2.24, 2.45) is 0 Å². The molecule has 22 heavy (non-hydrogen) atoms. The molecule has 0 radical (unpaired) electrons. The molecular weight excluding hydrogens is 276 g/mol. The molecule has 112 valence electrons. The number of fused-ring (bicyclic) bond motifs is 1. The van der Waals surface area contributed by atoms with Crippen molar-refractivity contribution < 1.29 is 9.59 Å². The third kappa shape index (κ3) is 2.48. The molecule has 1 aliphatic rings. The Hall–Kier alpha value is -2.62. The molecule has 0 saturated carbocycles. The van der Waals surface area contributed by atoms with Crippen molar-refractivity contribution in [3.05, 3.63) is 58.7 Å². The van der Waals surface area contributed by atoms with E-state index in [1.807, 2.05) is 50.2 Å². The van der Waals surface area contributed by atoms with Crippen molar-refractivity contribution in [2.75, 3.05) is 17.3 Å². The summed E-state index contributed by atoms with van der Waals surface area (Å²) in [5.41, 5.74) is 5.33. The van der Waals surface area contributed by atoms with Crippen LogP contribution in [-0.4, -0.2) is 18.9 Å². The second kappa shape index (κ2) is 5.30. The van der Waals surface area contributed by atoms with Crippen molar-refractivity contribution >= 4 is 23.2 Å². The summed E-state index contributed by atoms with van der Waals surface area (Å²) in [5.74, 6) is -0.0528. The van der Waals surface area contributed by atoms with Crippen molar-refractivity contribution in [3.8, 4) is 0 Å². The highest BCUT2D eigenvalue weighted by Gasteiger charge is 2.24. The third-order valence-corrected chi connectivity index (χ3v) is 4.04. The molecule has 3 rings (SSSR count). The Morgan fingerprint density at radius 1 is 1.14 bits per heavy atom. The van der Waals surface area contributed by atoms with Gasteiger partial charge < -0.3 is 10.2 Å². The van der Waals surface area contributed by atoms with Gasteiger partial charge in [0.1, 0.15) is 0 Å². The van der Waals surface area contributed by atoms with Gasteiger partial charge in [-0.05, 0) is 49.2 Å². The average Bonchev–Trinajstić information content (AvgIpc) is 2.73. The van der Waals surface area contributed by atoms with Crippen LogP contribution >= 0.6 is 0 Å². The summed E-state index contributed by atoms with van der Waals surface area (Å²) < 4.78 is 0. The molecular formula is C18H18N2O2. The highest BCUT2D eigenvalue weighted by molar-refractivity contribution is 6.06. The molecule has 4 heteroatoms. The number of nitrogens with one attached hydrogen (secondary N) is 1. The molecule has 0 saturated heterocycles. The monoisotopic (exact) mass is 294 g/mol. The summed E-state index contributed by atoms with van der Waals surface area (Å²) in [5, 5.41) is 2.91. The van der Waals surface area contributed by atoms with Crippen LogP contribution in [0.5, 0.6) is 0 Å². The lowest BCUT2D eigenvalue weighted by Gasteiger charge is -2.12. The van der Waals surface area contributed by atoms with E-state index in [1.165, 1.54) is 0 Å². The molecule has 0 bridgehead atoms. The lowest BCUT2D eigenvalue weighted by Crippen LogP contribution is -2.20. The quantitative estimate of drug-likeness (QED) is 0.925. The van der Waals surface area contributed by atoms with Gasteiger partial charge in [0.25, 0.3) is 5.91 Å². The minimum atomic E-state index is -0.130. The number of rotatable bonds is 2. The summed E-state index contributed by atoms with van der Waals surface area (Å²) in [4.78, 5) is 25.7. The molecule has 0 fully saturated rings. The van der Waals surface area contributed by atoms with Crippen molar-refractivity contribution in [2.45, 2.75) is 20.3 Å². The molecule has 0 atom stereocenters. The first kappa shape index (κ1) is 14.3. The minimum absolute atomic E-state index is 0.0767. The number of carbonyl (C=O) groups excluding carboxylic acids is 2. The SMILES string of the molecule is Cc1ccc(C(=O)Nc2ccc3c(c2)CC(=O)N3C)c(C)c1. The fraction of sp³-hybridized carbons (Fsp3) is 0.222. The lowest BCUT2D eigenvalue weighted by molar-refractivity contribution is -0.117. The first-order chi connectivity index (χ1) is 10.5. The molecule has 2 aromatic rings. The Balaban J connectivity index is 1.84. The number of carbonyl (C=O) groups is 2. The zero-order valence-corrected chi connectivity index (χ0v) is 12.9. The maximum Gasteiger partial charge on any atom is 0.255 e. The minimum Gasteiger partial charge on any atom is -0.322 e. The molecule has 1 aliphatic heterocycles. The summed E-state index contributed by atoms with van der Waals surface area (Å²) in [7, 11) is 1.77. The molecule has 4 nitrogen and oxygen atoms in total. The van der Waals surface area contributed by atoms with E-state index in [0.717, 1.165) is 22.4 Å². The molecule has 2 amide bonds. The van der Waals surface area contributed by atoms with Crippen LogP contribution in [0.2, 0.25) is 0 Å². The standard InChI is InChI=1S/C18H18N2O2/c1-11-4-6-15(12(2)8-11)18(22)19-14-5-7-16-13(9-14)10-17(21)20(16)3/h4-9H,10H2,1-3H3,(H,19,22). The number of benzene rings is 2. The van der Waals surface area contributed by atoms with Gasteiger partial charge in [-0.25, -0.2) is 0 Å². The zero-order valence-electron chi connectivity index (χ0n) is 12.9. The fourth-order valence-electron chi connectivity index (χ4n) is 2.81. The molecule has 1 heterocycles. The van der Waals surface area contributed by atoms with Crippen molar-refractivity contribution in [3.63, 3.8) is 0 Å². The van der Waals surface area contributed by atoms with Gasteiger partial charge in [0.15, 0.2) is 0 Å². The van der Waals surface area contributed by atoms with Gasteiger partial charge in [0.05, 0.1) is 6.42 Å². The second-order valence-electron chi connectivity index (χ2n) is 5.75. The maximum absolute atomic E-state index is 12.4. The average molecular weight is 294 g/mol. The predicted octanol–water partition coefficient (Wildman–Crippen LogP) is 3.07. The summed E-state index contributed by atoms with van der Waals surface area (Å²) in [6.45, 7) is 3.93. The van der Waals surface area contributed by atoms with Gasteiger partial charge in [-0.3, -0.25) is 9.59 Å². The van der Waals surface area contributed by atoms with Crippen molar-refractivity contribution in [1.29, 1.82) is 0 Å². The van der Waals surface area contributed by atoms with Crippen LogP contribution < -0.4 is 10.2 Å². The van der Waals surface area contributed by atoms with Crippen LogP contribution in [0.25, 0.3) is 0 Å². The van der Waals surface area contributed by atoms with Gasteiger partial charge in [0, 0.05) is 24.0 Å². The largest absolute Gasteiger partial charge is 0.322 e. The molecule has 0 aromatic heterocycles. The highest BCUT2D eigenvalue weighted by atomic mass is 16.2. The second-order valence-corrected chi connectivity index (χ2v) is 5.75. The van der Waals surface area contributed by atoms with E-state index in [-0.39, 0.29) is 11.8 Å². The Kier molecular flexibility index (Phi) is 3.45. The molecule has 1 N–H and O–H groups in total. The van der Waals surface area contributed by atoms with Gasteiger partial charge in [-0.2, -0.15) is 0 Å². The maximum atomic E-state index is 12.4. The Morgan fingerprint density at radius 3 is 2.64 bits per heavy atom. The normalized spacial score (nSPS) is 13.2. The van der Waals surface area contributed by atoms with E-state index in [2.05, 4.69) is 5.32 Å². The van der Waals surface area contributed by atoms with E-state index in [1.54, 1.807) is 11.9 Å².